The number of ketones is 4. The second-order valence-corrected chi connectivity index (χ2v) is 8.32. The van der Waals surface area contributed by atoms with Gasteiger partial charge in [0.1, 0.15) is 0 Å². The van der Waals surface area contributed by atoms with E-state index in [0.29, 0.717) is 55.6 Å². The largest absolute Gasteiger partial charge is 0.289 e. The lowest BCUT2D eigenvalue weighted by molar-refractivity contribution is 0.0979. The zero-order chi connectivity index (χ0) is 23.4. The highest BCUT2D eigenvalue weighted by molar-refractivity contribution is 6.30. The molecular formula is C30H16O4. The van der Waals surface area contributed by atoms with Gasteiger partial charge in [-0.1, -0.05) is 84.9 Å². The van der Waals surface area contributed by atoms with E-state index in [2.05, 4.69) is 0 Å². The molecule has 34 heavy (non-hydrogen) atoms. The molecule has 0 aromatic heterocycles. The van der Waals surface area contributed by atoms with Crippen LogP contribution >= 0.6 is 0 Å². The van der Waals surface area contributed by atoms with Crippen LogP contribution in [-0.4, -0.2) is 23.1 Å². The lowest BCUT2D eigenvalue weighted by Gasteiger charge is -2.19. The summed E-state index contributed by atoms with van der Waals surface area (Å²) in [4.78, 5) is 52.0. The van der Waals surface area contributed by atoms with Crippen molar-refractivity contribution in [2.75, 3.05) is 0 Å². The minimum absolute atomic E-state index is 0.166. The number of fused-ring (bicyclic) bond motifs is 4. The Labute approximate surface area is 195 Å². The van der Waals surface area contributed by atoms with Gasteiger partial charge in [-0.05, 0) is 23.3 Å². The van der Waals surface area contributed by atoms with E-state index in [1.165, 1.54) is 0 Å². The van der Waals surface area contributed by atoms with Gasteiger partial charge in [-0.2, -0.15) is 0 Å². The third kappa shape index (κ3) is 2.86. The standard InChI is InChI=1S/C30H16O4/c31-27-19-7-1-2-8-20(19)29(33)25-16-17(13-15-23(25)27)12-14-18-6-5-11-24-26(18)30(34)22-10-4-3-9-21(22)28(24)32/h1-16H. The van der Waals surface area contributed by atoms with Gasteiger partial charge in [0.05, 0.1) is 0 Å². The second kappa shape index (κ2) is 7.42. The smallest absolute Gasteiger partial charge is 0.195 e. The molecule has 0 aliphatic heterocycles. The van der Waals surface area contributed by atoms with Crippen LogP contribution in [0.5, 0.6) is 0 Å². The summed E-state index contributed by atoms with van der Waals surface area (Å²) in [5.74, 6) is -0.708. The molecule has 4 nitrogen and oxygen atoms in total. The molecule has 0 amide bonds. The monoisotopic (exact) mass is 440 g/mol. The Morgan fingerprint density at radius 1 is 0.412 bits per heavy atom. The summed E-state index contributed by atoms with van der Waals surface area (Å²) in [7, 11) is 0. The molecule has 0 N–H and O–H groups in total. The predicted octanol–water partition coefficient (Wildman–Crippen LogP) is 5.41. The van der Waals surface area contributed by atoms with Gasteiger partial charge < -0.3 is 0 Å². The molecule has 4 heteroatoms. The van der Waals surface area contributed by atoms with Gasteiger partial charge >= 0.3 is 0 Å². The van der Waals surface area contributed by atoms with Crippen LogP contribution in [-0.2, 0) is 0 Å². The minimum atomic E-state index is -0.187. The first-order valence-corrected chi connectivity index (χ1v) is 10.9. The molecule has 0 spiro atoms. The first kappa shape index (κ1) is 19.9. The van der Waals surface area contributed by atoms with E-state index in [1.807, 2.05) is 0 Å². The van der Waals surface area contributed by atoms with Crippen LogP contribution in [0.2, 0.25) is 0 Å². The predicted molar refractivity (Wildman–Crippen MR) is 128 cm³/mol. The molecule has 160 valence electrons. The molecule has 0 bridgehead atoms. The lowest BCUT2D eigenvalue weighted by Crippen LogP contribution is -2.21. The van der Waals surface area contributed by atoms with Gasteiger partial charge in [0.2, 0.25) is 0 Å². The Morgan fingerprint density at radius 3 is 1.56 bits per heavy atom. The number of benzene rings is 4. The highest BCUT2D eigenvalue weighted by atomic mass is 16.1. The Hall–Kier alpha value is -4.70. The Kier molecular flexibility index (Phi) is 4.36. The zero-order valence-corrected chi connectivity index (χ0v) is 17.9. The van der Waals surface area contributed by atoms with Crippen molar-refractivity contribution in [3.8, 4) is 0 Å². The van der Waals surface area contributed by atoms with Crippen molar-refractivity contribution in [3.05, 3.63) is 141 Å². The highest BCUT2D eigenvalue weighted by Gasteiger charge is 2.31. The highest BCUT2D eigenvalue weighted by Crippen LogP contribution is 2.31. The molecule has 0 heterocycles. The molecule has 0 unspecified atom stereocenters. The molecule has 0 saturated carbocycles. The summed E-state index contributed by atoms with van der Waals surface area (Å²) in [6.07, 6.45) is 3.55. The molecule has 0 atom stereocenters. The molecule has 0 radical (unpaired) electrons. The molecular weight excluding hydrogens is 424 g/mol. The van der Waals surface area contributed by atoms with Crippen molar-refractivity contribution in [3.63, 3.8) is 0 Å². The fourth-order valence-electron chi connectivity index (χ4n) is 4.72. The average molecular weight is 440 g/mol. The van der Waals surface area contributed by atoms with Crippen molar-refractivity contribution < 1.29 is 19.2 Å². The number of hydrogen-bond donors (Lipinski definition) is 0. The molecule has 4 aromatic rings. The fourth-order valence-corrected chi connectivity index (χ4v) is 4.72. The van der Waals surface area contributed by atoms with Crippen LogP contribution in [0.15, 0.2) is 84.9 Å². The van der Waals surface area contributed by atoms with E-state index in [4.69, 9.17) is 0 Å². The van der Waals surface area contributed by atoms with E-state index < -0.39 is 0 Å². The third-order valence-corrected chi connectivity index (χ3v) is 6.39. The van der Waals surface area contributed by atoms with Crippen molar-refractivity contribution >= 4 is 35.3 Å². The molecule has 2 aliphatic carbocycles. The Bertz CT molecular complexity index is 1620. The zero-order valence-electron chi connectivity index (χ0n) is 17.9. The molecule has 0 fully saturated rings. The van der Waals surface area contributed by atoms with E-state index in [0.717, 1.165) is 0 Å². The van der Waals surface area contributed by atoms with Crippen molar-refractivity contribution in [2.45, 2.75) is 0 Å². The summed E-state index contributed by atoms with van der Waals surface area (Å²) < 4.78 is 0. The van der Waals surface area contributed by atoms with E-state index in [-0.39, 0.29) is 23.1 Å². The van der Waals surface area contributed by atoms with Crippen LogP contribution in [0.3, 0.4) is 0 Å². The first-order chi connectivity index (χ1) is 16.5. The van der Waals surface area contributed by atoms with E-state index >= 15 is 0 Å². The second-order valence-electron chi connectivity index (χ2n) is 8.32. The molecule has 4 aromatic carbocycles. The van der Waals surface area contributed by atoms with Crippen LogP contribution < -0.4 is 0 Å². The third-order valence-electron chi connectivity index (χ3n) is 6.39. The molecule has 2 aliphatic rings. The number of carbonyl (C=O) groups excluding carboxylic acids is 4. The summed E-state index contributed by atoms with van der Waals surface area (Å²) in [6, 6.07) is 24.0. The van der Waals surface area contributed by atoms with Crippen LogP contribution in [0, 0.1) is 0 Å². The van der Waals surface area contributed by atoms with Crippen LogP contribution in [0.4, 0.5) is 0 Å². The van der Waals surface area contributed by atoms with Gasteiger partial charge in [-0.3, -0.25) is 19.2 Å². The quantitative estimate of drug-likeness (QED) is 0.338. The maximum absolute atomic E-state index is 13.2. The van der Waals surface area contributed by atoms with Gasteiger partial charge in [0.25, 0.3) is 0 Å². The summed E-state index contributed by atoms with van der Waals surface area (Å²) in [5, 5.41) is 0. The fraction of sp³-hybridized carbons (Fsp3) is 0. The summed E-state index contributed by atoms with van der Waals surface area (Å²) in [6.45, 7) is 0. The lowest BCUT2D eigenvalue weighted by atomic mass is 9.81. The van der Waals surface area contributed by atoms with Crippen molar-refractivity contribution in [1.82, 2.24) is 0 Å². The molecule has 6 rings (SSSR count). The van der Waals surface area contributed by atoms with Gasteiger partial charge in [-0.15, -0.1) is 0 Å². The molecule has 0 saturated heterocycles. The number of hydrogen-bond acceptors (Lipinski definition) is 4. The van der Waals surface area contributed by atoms with E-state index in [9.17, 15) is 19.2 Å². The van der Waals surface area contributed by atoms with Gasteiger partial charge in [0.15, 0.2) is 23.1 Å². The maximum Gasteiger partial charge on any atom is 0.195 e. The topological polar surface area (TPSA) is 68.3 Å². The average Bonchev–Trinajstić information content (AvgIpc) is 2.89. The minimum Gasteiger partial charge on any atom is -0.289 e. The normalized spacial score (nSPS) is 14.0. The summed E-state index contributed by atoms with van der Waals surface area (Å²) >= 11 is 0. The van der Waals surface area contributed by atoms with Gasteiger partial charge in [-0.25, -0.2) is 0 Å². The summed E-state index contributed by atoms with van der Waals surface area (Å²) in [5.41, 5.74) is 4.48. The van der Waals surface area contributed by atoms with Gasteiger partial charge in [0, 0.05) is 44.5 Å². The Balaban J connectivity index is 1.40. The van der Waals surface area contributed by atoms with Crippen molar-refractivity contribution in [1.29, 1.82) is 0 Å². The van der Waals surface area contributed by atoms with Crippen molar-refractivity contribution in [2.24, 2.45) is 0 Å². The first-order valence-electron chi connectivity index (χ1n) is 10.9. The van der Waals surface area contributed by atoms with Crippen LogP contribution in [0.25, 0.3) is 12.2 Å². The Morgan fingerprint density at radius 2 is 0.912 bits per heavy atom. The van der Waals surface area contributed by atoms with Crippen LogP contribution in [0.1, 0.15) is 74.8 Å². The SMILES string of the molecule is O=C1c2ccccc2C(=O)c2cc(C=Cc3cccc4c3C(=O)c3ccccc3C4=O)ccc21. The number of carbonyl (C=O) groups is 4. The maximum atomic E-state index is 13.2. The van der Waals surface area contributed by atoms with E-state index in [1.54, 1.807) is 97.1 Å². The number of rotatable bonds is 2.